The topological polar surface area (TPSA) is 388 Å². The SMILES string of the molecule is CCN(c1nc(N)[nH]c(=O)c1NC)[C@H]1CN(CC[N+](C)(C)C)CC(COP(=O)(O)OP(=O)(O)OP(=O)(O)OCC2OC(n3cnc4c(=O)[nH]c(N)nc43)[C@H](O)[C@@H]2O)O1. The summed E-state index contributed by atoms with van der Waals surface area (Å²) in [7, 11) is -9.65. The summed E-state index contributed by atoms with van der Waals surface area (Å²) in [5.41, 5.74) is 9.98. The quantitative estimate of drug-likeness (QED) is 0.0472. The molecule has 0 amide bonds. The minimum Gasteiger partial charge on any atom is -0.387 e. The third kappa shape index (κ3) is 11.2. The molecule has 0 radical (unpaired) electrons. The number of quaternary nitrogens is 1. The van der Waals surface area contributed by atoms with E-state index in [0.717, 1.165) is 10.9 Å². The zero-order valence-corrected chi connectivity index (χ0v) is 34.5. The van der Waals surface area contributed by atoms with Gasteiger partial charge < -0.3 is 60.5 Å². The Kier molecular flexibility index (Phi) is 13.9. The molecule has 28 nitrogen and oxygen atoms in total. The number of morpholine rings is 1. The average molecular weight is 890 g/mol. The monoisotopic (exact) mass is 889 g/mol. The Balaban J connectivity index is 1.21. The van der Waals surface area contributed by atoms with Crippen molar-refractivity contribution < 1.29 is 70.2 Å². The van der Waals surface area contributed by atoms with Gasteiger partial charge in [0.15, 0.2) is 23.2 Å². The Labute approximate surface area is 329 Å². The largest absolute Gasteiger partial charge is 0.490 e. The number of aliphatic hydroxyl groups is 2. The van der Waals surface area contributed by atoms with Crippen LogP contribution in [0.2, 0.25) is 0 Å². The number of H-pyrrole nitrogens is 2. The maximum Gasteiger partial charge on any atom is 0.490 e. The van der Waals surface area contributed by atoms with Gasteiger partial charge >= 0.3 is 23.5 Å². The van der Waals surface area contributed by atoms with Crippen LogP contribution >= 0.6 is 23.5 Å². The molecule has 0 saturated carbocycles. The normalized spacial score (nSPS) is 26.2. The van der Waals surface area contributed by atoms with Crippen LogP contribution in [-0.4, -0.2) is 169 Å². The smallest absolute Gasteiger partial charge is 0.387 e. The van der Waals surface area contributed by atoms with Crippen LogP contribution in [0, 0.1) is 0 Å². The molecule has 12 N–H and O–H groups in total. The summed E-state index contributed by atoms with van der Waals surface area (Å²) in [4.78, 5) is 75.9. The molecule has 326 valence electrons. The number of rotatable bonds is 18. The lowest BCUT2D eigenvalue weighted by Crippen LogP contribution is -2.57. The van der Waals surface area contributed by atoms with E-state index in [1.54, 1.807) is 11.8 Å². The molecule has 6 unspecified atom stereocenters. The first kappa shape index (κ1) is 45.7. The number of anilines is 4. The van der Waals surface area contributed by atoms with E-state index < -0.39 is 84.7 Å². The number of phosphoric ester groups is 2. The molecule has 2 saturated heterocycles. The fourth-order valence-electron chi connectivity index (χ4n) is 6.07. The maximum atomic E-state index is 12.9. The summed E-state index contributed by atoms with van der Waals surface area (Å²) < 4.78 is 69.8. The number of likely N-dealkylation sites (N-methyl/N-ethyl adjacent to an activating group) is 2. The Hall–Kier alpha value is -3.40. The van der Waals surface area contributed by atoms with E-state index in [9.17, 15) is 48.2 Å². The van der Waals surface area contributed by atoms with E-state index >= 15 is 0 Å². The summed E-state index contributed by atoms with van der Waals surface area (Å²) in [5.74, 6) is -0.267. The number of nitrogens with zero attached hydrogens (tertiary/aromatic N) is 7. The minimum absolute atomic E-state index is 0.104. The number of nitrogens with two attached hydrogens (primary N) is 2. The van der Waals surface area contributed by atoms with Crippen LogP contribution in [0.15, 0.2) is 15.9 Å². The van der Waals surface area contributed by atoms with Gasteiger partial charge in [0.1, 0.15) is 30.2 Å². The highest BCUT2D eigenvalue weighted by atomic mass is 31.3. The number of fused-ring (bicyclic) bond motifs is 1. The Morgan fingerprint density at radius 3 is 2.19 bits per heavy atom. The molecule has 2 fully saturated rings. The molecule has 3 aromatic heterocycles. The second kappa shape index (κ2) is 17.7. The number of nitrogen functional groups attached to an aromatic ring is 2. The highest BCUT2D eigenvalue weighted by molar-refractivity contribution is 7.66. The number of aromatic amines is 2. The number of hydrogen-bond donors (Lipinski definition) is 10. The molecule has 5 heterocycles. The molecule has 3 aromatic rings. The average Bonchev–Trinajstić information content (AvgIpc) is 3.64. The molecule has 0 bridgehead atoms. The zero-order valence-electron chi connectivity index (χ0n) is 31.8. The molecule has 31 heteroatoms. The fourth-order valence-corrected chi connectivity index (χ4v) is 9.62. The lowest BCUT2D eigenvalue weighted by molar-refractivity contribution is -0.869. The van der Waals surface area contributed by atoms with E-state index in [4.69, 9.17) is 25.5 Å². The lowest BCUT2D eigenvalue weighted by atomic mass is 10.1. The molecular weight excluding hydrogens is 841 g/mol. The highest BCUT2D eigenvalue weighted by Crippen LogP contribution is 2.67. The van der Waals surface area contributed by atoms with Crippen molar-refractivity contribution in [2.24, 2.45) is 0 Å². The molecule has 0 aromatic carbocycles. The molecule has 2 aliphatic heterocycles. The fraction of sp³-hybridized carbons (Fsp3) is 0.667. The number of hydrogen-bond acceptors (Lipinski definition) is 21. The number of imidazole rings is 1. The van der Waals surface area contributed by atoms with Gasteiger partial charge in [-0.2, -0.15) is 18.6 Å². The van der Waals surface area contributed by atoms with Crippen LogP contribution in [0.1, 0.15) is 13.2 Å². The van der Waals surface area contributed by atoms with Crippen LogP contribution in [0.25, 0.3) is 11.2 Å². The van der Waals surface area contributed by atoms with E-state index in [0.29, 0.717) is 17.6 Å². The third-order valence-electron chi connectivity index (χ3n) is 8.74. The summed E-state index contributed by atoms with van der Waals surface area (Å²) in [6.45, 7) is 1.93. The van der Waals surface area contributed by atoms with Gasteiger partial charge in [-0.15, -0.1) is 0 Å². The van der Waals surface area contributed by atoms with Crippen molar-refractivity contribution in [1.82, 2.24) is 34.4 Å². The summed E-state index contributed by atoms with van der Waals surface area (Å²) in [5, 5.41) is 23.9. The molecular formula is C27H48N12O16P3+. The number of nitrogens with one attached hydrogen (secondary N) is 3. The van der Waals surface area contributed by atoms with Gasteiger partial charge in [-0.1, -0.05) is 0 Å². The van der Waals surface area contributed by atoms with E-state index in [1.807, 2.05) is 26.0 Å². The Morgan fingerprint density at radius 1 is 0.948 bits per heavy atom. The van der Waals surface area contributed by atoms with Gasteiger partial charge in [0.05, 0.1) is 53.3 Å². The van der Waals surface area contributed by atoms with E-state index in [-0.39, 0.29) is 54.2 Å². The second-order valence-electron chi connectivity index (χ2n) is 14.2. The minimum atomic E-state index is -5.93. The number of ether oxygens (including phenoxy) is 2. The molecule has 9 atom stereocenters. The highest BCUT2D eigenvalue weighted by Gasteiger charge is 2.48. The number of phosphoric acid groups is 3. The van der Waals surface area contributed by atoms with Crippen molar-refractivity contribution in [2.45, 2.75) is 43.8 Å². The Bertz CT molecular complexity index is 2200. The van der Waals surface area contributed by atoms with Gasteiger partial charge in [0, 0.05) is 33.2 Å². The molecule has 0 aliphatic carbocycles. The van der Waals surface area contributed by atoms with Crippen LogP contribution in [-0.2, 0) is 40.8 Å². The van der Waals surface area contributed by atoms with Crippen molar-refractivity contribution >= 4 is 58.0 Å². The predicted molar refractivity (Wildman–Crippen MR) is 202 cm³/mol. The van der Waals surface area contributed by atoms with Crippen molar-refractivity contribution in [3.8, 4) is 0 Å². The van der Waals surface area contributed by atoms with Gasteiger partial charge in [0.25, 0.3) is 11.1 Å². The second-order valence-corrected chi connectivity index (χ2v) is 18.8. The first-order chi connectivity index (χ1) is 26.9. The molecule has 0 spiro atoms. The predicted octanol–water partition coefficient (Wildman–Crippen LogP) is -2.34. The zero-order chi connectivity index (χ0) is 43.0. The van der Waals surface area contributed by atoms with Crippen molar-refractivity contribution in [3.63, 3.8) is 0 Å². The van der Waals surface area contributed by atoms with Gasteiger partial charge in [-0.05, 0) is 6.92 Å². The third-order valence-corrected chi connectivity index (χ3v) is 13.0. The number of aliphatic hydroxyl groups excluding tert-OH is 2. The van der Waals surface area contributed by atoms with Crippen LogP contribution in [0.5, 0.6) is 0 Å². The standard InChI is InChI=1S/C27H47N12O16P3/c1-6-37(21-17(30-2)23(42)34-26(28)32-21)16-10-36(7-8-39(3,4)5)9-14(52-16)11-50-56(44,45)54-58(48,49)55-57(46,47)51-12-15-19(40)20(41)25(53-15)38-13-31-18-22(38)33-27(29)35-24(18)43/h13-16,19-20,25,30,40-41H,6-12H2,1-5H3,(H8-,28,29,32,33,34,35,42,43,44,45,46,47,48,49)/p+1/t14?,15?,16-,19-,20-,25?/m1/s1. The van der Waals surface area contributed by atoms with Gasteiger partial charge in [-0.25, -0.2) is 18.7 Å². The van der Waals surface area contributed by atoms with Gasteiger partial charge in [0.2, 0.25) is 11.9 Å². The Morgan fingerprint density at radius 2 is 1.57 bits per heavy atom. The lowest BCUT2D eigenvalue weighted by Gasteiger charge is -2.43. The maximum absolute atomic E-state index is 12.9. The molecule has 5 rings (SSSR count). The van der Waals surface area contributed by atoms with Crippen LogP contribution in [0.4, 0.5) is 23.4 Å². The molecule has 58 heavy (non-hydrogen) atoms. The van der Waals surface area contributed by atoms with Crippen molar-refractivity contribution in [3.05, 3.63) is 27.0 Å². The molecule has 2 aliphatic rings. The van der Waals surface area contributed by atoms with Crippen LogP contribution < -0.4 is 32.8 Å². The van der Waals surface area contributed by atoms with Crippen molar-refractivity contribution in [2.75, 3.05) is 95.8 Å². The van der Waals surface area contributed by atoms with Crippen LogP contribution in [0.3, 0.4) is 0 Å². The van der Waals surface area contributed by atoms with E-state index in [1.165, 1.54) is 7.05 Å². The van der Waals surface area contributed by atoms with Crippen molar-refractivity contribution in [1.29, 1.82) is 0 Å². The number of aromatic nitrogens is 6. The summed E-state index contributed by atoms with van der Waals surface area (Å²) in [6, 6.07) is 0. The summed E-state index contributed by atoms with van der Waals surface area (Å²) >= 11 is 0. The first-order valence-corrected chi connectivity index (χ1v) is 21.9. The van der Waals surface area contributed by atoms with E-state index in [2.05, 4.69) is 43.4 Å². The summed E-state index contributed by atoms with van der Waals surface area (Å²) in [6.07, 6.45) is -7.32. The first-order valence-electron chi connectivity index (χ1n) is 17.4. The van der Waals surface area contributed by atoms with Gasteiger partial charge in [-0.3, -0.25) is 38.1 Å².